The number of nitrogens with zero attached hydrogens (tertiary/aromatic N) is 2. The van der Waals surface area contributed by atoms with Crippen molar-refractivity contribution in [1.82, 2.24) is 4.57 Å². The van der Waals surface area contributed by atoms with Crippen molar-refractivity contribution in [2.45, 2.75) is 44.8 Å². The van der Waals surface area contributed by atoms with Gasteiger partial charge in [-0.25, -0.2) is 4.39 Å². The maximum atomic E-state index is 13.3. The number of aryl methyl sites for hydroxylation is 1. The zero-order valence-electron chi connectivity index (χ0n) is 21.2. The molecule has 2 saturated heterocycles. The van der Waals surface area contributed by atoms with Gasteiger partial charge in [0.25, 0.3) is 0 Å². The zero-order valence-corrected chi connectivity index (χ0v) is 21.2. The van der Waals surface area contributed by atoms with Crippen LogP contribution in [0.3, 0.4) is 0 Å². The zero-order chi connectivity index (χ0) is 25.4. The Balaban J connectivity index is 1.21. The maximum Gasteiger partial charge on any atom is 0.197 e. The number of rotatable bonds is 5. The molecule has 2 fully saturated rings. The van der Waals surface area contributed by atoms with Crippen molar-refractivity contribution < 1.29 is 18.6 Å². The maximum absolute atomic E-state index is 13.3. The van der Waals surface area contributed by atoms with Gasteiger partial charge in [-0.3, -0.25) is 4.79 Å². The van der Waals surface area contributed by atoms with Crippen molar-refractivity contribution in [2.75, 3.05) is 44.4 Å². The second-order valence-electron chi connectivity index (χ2n) is 10.3. The van der Waals surface area contributed by atoms with Crippen molar-refractivity contribution in [3.8, 4) is 17.1 Å². The van der Waals surface area contributed by atoms with E-state index in [0.29, 0.717) is 38.2 Å². The molecule has 3 aromatic rings. The molecule has 1 atom stereocenters. The number of ether oxygens (including phenoxy) is 3. The summed E-state index contributed by atoms with van der Waals surface area (Å²) in [6, 6.07) is 15.2. The number of benzene rings is 2. The third-order valence-electron chi connectivity index (χ3n) is 7.97. The second-order valence-corrected chi connectivity index (χ2v) is 10.3. The first-order valence-electron chi connectivity index (χ1n) is 13.3. The highest BCUT2D eigenvalue weighted by atomic mass is 19.1. The van der Waals surface area contributed by atoms with Gasteiger partial charge >= 0.3 is 0 Å². The Kier molecular flexibility index (Phi) is 6.74. The Morgan fingerprint density at radius 1 is 1.03 bits per heavy atom. The van der Waals surface area contributed by atoms with Crippen LogP contribution in [0, 0.1) is 12.7 Å². The summed E-state index contributed by atoms with van der Waals surface area (Å²) in [4.78, 5) is 15.3. The van der Waals surface area contributed by atoms with Crippen LogP contribution >= 0.6 is 0 Å². The van der Waals surface area contributed by atoms with E-state index >= 15 is 0 Å². The molecule has 7 heteroatoms. The lowest BCUT2D eigenvalue weighted by Gasteiger charge is -2.35. The lowest BCUT2D eigenvalue weighted by atomic mass is 9.88. The van der Waals surface area contributed by atoms with Gasteiger partial charge < -0.3 is 23.7 Å². The molecule has 0 unspecified atom stereocenters. The van der Waals surface area contributed by atoms with Crippen molar-refractivity contribution in [3.05, 3.63) is 81.3 Å². The summed E-state index contributed by atoms with van der Waals surface area (Å²) in [5, 5.41) is 0. The number of anilines is 1. The molecule has 4 heterocycles. The van der Waals surface area contributed by atoms with Crippen molar-refractivity contribution in [2.24, 2.45) is 0 Å². The lowest BCUT2D eigenvalue weighted by molar-refractivity contribution is -0.102. The highest BCUT2D eigenvalue weighted by Crippen LogP contribution is 2.37. The average molecular weight is 505 g/mol. The van der Waals surface area contributed by atoms with Crippen LogP contribution in [0.1, 0.15) is 35.4 Å². The largest absolute Gasteiger partial charge is 0.476 e. The van der Waals surface area contributed by atoms with E-state index in [-0.39, 0.29) is 17.3 Å². The number of hydrogen-bond donors (Lipinski definition) is 0. The Labute approximate surface area is 216 Å². The molecular formula is C30H33FN2O4. The molecule has 0 spiro atoms. The minimum absolute atomic E-state index is 0.0122. The van der Waals surface area contributed by atoms with Gasteiger partial charge in [-0.05, 0) is 67.5 Å². The molecule has 0 aliphatic carbocycles. The number of aromatic nitrogens is 1. The highest BCUT2D eigenvalue weighted by molar-refractivity contribution is 5.72. The molecule has 0 saturated carbocycles. The first kappa shape index (κ1) is 24.2. The lowest BCUT2D eigenvalue weighted by Crippen LogP contribution is -2.34. The number of piperidine rings is 1. The minimum Gasteiger partial charge on any atom is -0.476 e. The summed E-state index contributed by atoms with van der Waals surface area (Å²) in [7, 11) is 0. The van der Waals surface area contributed by atoms with E-state index in [9.17, 15) is 9.18 Å². The molecule has 3 aliphatic heterocycles. The Bertz CT molecular complexity index is 1320. The van der Waals surface area contributed by atoms with Crippen LogP contribution in [-0.2, 0) is 22.4 Å². The first-order valence-corrected chi connectivity index (χ1v) is 13.3. The van der Waals surface area contributed by atoms with E-state index < -0.39 is 0 Å². The topological polar surface area (TPSA) is 52.9 Å². The van der Waals surface area contributed by atoms with E-state index in [1.165, 1.54) is 16.8 Å². The Hall–Kier alpha value is -3.16. The standard InChI is InChI=1S/C30H33FN2O4/c1-20-28(34)17-29(37-19-26-18-35-14-15-36-26)33-13-10-23-16-25(6-7-27(23)30(20)33)32-11-8-22(9-12-32)21-2-4-24(31)5-3-21/h2-7,16-17,22,26H,8-15,18-19H2,1H3/t26-/m0/s1. The van der Waals surface area contributed by atoms with Crippen molar-refractivity contribution in [1.29, 1.82) is 0 Å². The number of pyridine rings is 1. The summed E-state index contributed by atoms with van der Waals surface area (Å²) < 4.78 is 32.7. The van der Waals surface area contributed by atoms with Gasteiger partial charge in [-0.2, -0.15) is 0 Å². The summed E-state index contributed by atoms with van der Waals surface area (Å²) in [5.41, 5.74) is 6.51. The Morgan fingerprint density at radius 3 is 2.59 bits per heavy atom. The monoisotopic (exact) mass is 504 g/mol. The van der Waals surface area contributed by atoms with E-state index in [2.05, 4.69) is 27.7 Å². The van der Waals surface area contributed by atoms with Gasteiger partial charge in [0.15, 0.2) is 11.3 Å². The van der Waals surface area contributed by atoms with Crippen LogP contribution in [0.5, 0.6) is 5.88 Å². The van der Waals surface area contributed by atoms with Crippen LogP contribution in [0.4, 0.5) is 10.1 Å². The fourth-order valence-corrected chi connectivity index (χ4v) is 5.88. The van der Waals surface area contributed by atoms with E-state index in [1.54, 1.807) is 18.2 Å². The quantitative estimate of drug-likeness (QED) is 0.504. The predicted molar refractivity (Wildman–Crippen MR) is 141 cm³/mol. The first-order chi connectivity index (χ1) is 18.1. The van der Waals surface area contributed by atoms with E-state index in [0.717, 1.165) is 55.7 Å². The van der Waals surface area contributed by atoms with Crippen LogP contribution < -0.4 is 15.1 Å². The highest BCUT2D eigenvalue weighted by Gasteiger charge is 2.26. The summed E-state index contributed by atoms with van der Waals surface area (Å²) in [5.74, 6) is 0.887. The molecular weight excluding hydrogens is 471 g/mol. The summed E-state index contributed by atoms with van der Waals surface area (Å²) in [6.45, 7) is 6.66. The SMILES string of the molecule is Cc1c2n(c(OC[C@@H]3COCCO3)cc1=O)CCc1cc(N3CCC(c4ccc(F)cc4)CC3)ccc1-2. The minimum atomic E-state index is -0.180. The summed E-state index contributed by atoms with van der Waals surface area (Å²) >= 11 is 0. The van der Waals surface area contributed by atoms with Gasteiger partial charge in [-0.1, -0.05) is 18.2 Å². The van der Waals surface area contributed by atoms with Gasteiger partial charge in [0.2, 0.25) is 0 Å². The number of fused-ring (bicyclic) bond motifs is 3. The van der Waals surface area contributed by atoms with Gasteiger partial charge in [0.1, 0.15) is 18.5 Å². The average Bonchev–Trinajstić information content (AvgIpc) is 2.94. The molecule has 194 valence electrons. The van der Waals surface area contributed by atoms with Gasteiger partial charge in [0, 0.05) is 42.5 Å². The van der Waals surface area contributed by atoms with E-state index in [1.807, 2.05) is 19.1 Å². The molecule has 6 rings (SSSR count). The molecule has 2 aromatic carbocycles. The van der Waals surface area contributed by atoms with Gasteiger partial charge in [0.05, 0.1) is 25.5 Å². The molecule has 0 bridgehead atoms. The predicted octanol–water partition coefficient (Wildman–Crippen LogP) is 4.70. The normalized spacial score (nSPS) is 19.8. The fraction of sp³-hybridized carbons (Fsp3) is 0.433. The van der Waals surface area contributed by atoms with Crippen LogP contribution in [0.15, 0.2) is 53.3 Å². The number of hydrogen-bond acceptors (Lipinski definition) is 5. The molecule has 0 radical (unpaired) electrons. The molecule has 0 amide bonds. The second kappa shape index (κ2) is 10.3. The van der Waals surface area contributed by atoms with Crippen molar-refractivity contribution >= 4 is 5.69 Å². The van der Waals surface area contributed by atoms with Crippen LogP contribution in [0.25, 0.3) is 11.3 Å². The van der Waals surface area contributed by atoms with Crippen LogP contribution in [0.2, 0.25) is 0 Å². The number of halogens is 1. The molecule has 1 aromatic heterocycles. The van der Waals surface area contributed by atoms with Crippen molar-refractivity contribution in [3.63, 3.8) is 0 Å². The molecule has 0 N–H and O–H groups in total. The van der Waals surface area contributed by atoms with Crippen LogP contribution in [-0.4, -0.2) is 50.2 Å². The Morgan fingerprint density at radius 2 is 1.84 bits per heavy atom. The third-order valence-corrected chi connectivity index (χ3v) is 7.97. The molecule has 3 aliphatic rings. The van der Waals surface area contributed by atoms with E-state index in [4.69, 9.17) is 14.2 Å². The fourth-order valence-electron chi connectivity index (χ4n) is 5.88. The third kappa shape index (κ3) is 4.90. The molecule has 37 heavy (non-hydrogen) atoms. The van der Waals surface area contributed by atoms with Gasteiger partial charge in [-0.15, -0.1) is 0 Å². The molecule has 6 nitrogen and oxygen atoms in total. The summed E-state index contributed by atoms with van der Waals surface area (Å²) in [6.07, 6.45) is 2.86. The smallest absolute Gasteiger partial charge is 0.197 e.